The van der Waals surface area contributed by atoms with Gasteiger partial charge in [-0.05, 0) is 83.8 Å². The Morgan fingerprint density at radius 3 is 1.12 bits per heavy atom. The van der Waals surface area contributed by atoms with Crippen molar-refractivity contribution in [3.63, 3.8) is 0 Å². The molecule has 1 N–H and O–H groups in total. The zero-order valence-corrected chi connectivity index (χ0v) is 35.4. The van der Waals surface area contributed by atoms with Crippen LogP contribution in [0.5, 0.6) is 0 Å². The summed E-state index contributed by atoms with van der Waals surface area (Å²) in [5.41, 5.74) is 0. The maximum Gasteiger partial charge on any atom is 0.308 e. The summed E-state index contributed by atoms with van der Waals surface area (Å²) in [5, 5.41) is 9.29. The minimum absolute atomic E-state index is 0.0153. The van der Waals surface area contributed by atoms with Gasteiger partial charge in [0.25, 0.3) is 0 Å². The van der Waals surface area contributed by atoms with Gasteiger partial charge in [-0.15, -0.1) is 0 Å². The van der Waals surface area contributed by atoms with Crippen LogP contribution in [0.1, 0.15) is 228 Å². The van der Waals surface area contributed by atoms with Gasteiger partial charge in [-0.3, -0.25) is 9.59 Å². The fourth-order valence-electron chi connectivity index (χ4n) is 6.61. The van der Waals surface area contributed by atoms with E-state index in [4.69, 9.17) is 9.47 Å². The number of nitrogens with zero attached hydrogens (tertiary/aromatic N) is 1. The molecule has 0 aliphatic carbocycles. The van der Waals surface area contributed by atoms with Crippen LogP contribution in [-0.2, 0) is 19.1 Å². The monoisotopic (exact) mass is 726 g/mol. The van der Waals surface area contributed by atoms with E-state index in [-0.39, 0.29) is 30.4 Å². The van der Waals surface area contributed by atoms with Crippen LogP contribution in [0.25, 0.3) is 0 Å². The van der Waals surface area contributed by atoms with Crippen molar-refractivity contribution < 1.29 is 24.2 Å². The molecule has 0 amide bonds. The molecule has 0 radical (unpaired) electrons. The Labute approximate surface area is 319 Å². The van der Waals surface area contributed by atoms with Crippen LogP contribution >= 0.6 is 0 Å². The van der Waals surface area contributed by atoms with Crippen LogP contribution in [0.15, 0.2) is 0 Å². The van der Waals surface area contributed by atoms with Crippen LogP contribution in [0.2, 0.25) is 0 Å². The van der Waals surface area contributed by atoms with Gasteiger partial charge in [0.1, 0.15) is 0 Å². The maximum atomic E-state index is 13.0. The molecule has 0 saturated carbocycles. The molecular weight excluding hydrogens is 634 g/mol. The van der Waals surface area contributed by atoms with Gasteiger partial charge < -0.3 is 19.5 Å². The molecule has 51 heavy (non-hydrogen) atoms. The van der Waals surface area contributed by atoms with Gasteiger partial charge in [0.15, 0.2) is 0 Å². The molecule has 0 rings (SSSR count). The summed E-state index contributed by atoms with van der Waals surface area (Å²) in [5.74, 6) is 0.168. The highest BCUT2D eigenvalue weighted by atomic mass is 16.5. The zero-order valence-electron chi connectivity index (χ0n) is 35.4. The number of ether oxygens (including phenoxy) is 2. The number of hydrogen-bond acceptors (Lipinski definition) is 6. The topological polar surface area (TPSA) is 76.1 Å². The average molecular weight is 726 g/mol. The molecule has 6 nitrogen and oxygen atoms in total. The first-order chi connectivity index (χ1) is 24.9. The summed E-state index contributed by atoms with van der Waals surface area (Å²) in [6.07, 6.45) is 32.8. The Morgan fingerprint density at radius 1 is 0.431 bits per heavy atom. The van der Waals surface area contributed by atoms with Gasteiger partial charge in [-0.25, -0.2) is 0 Å². The average Bonchev–Trinajstić information content (AvgIpc) is 3.12. The lowest BCUT2D eigenvalue weighted by Gasteiger charge is -2.22. The van der Waals surface area contributed by atoms with Crippen molar-refractivity contribution in [2.24, 2.45) is 11.8 Å². The Hall–Kier alpha value is -1.14. The van der Waals surface area contributed by atoms with E-state index in [1.165, 1.54) is 89.9 Å². The number of aliphatic hydroxyl groups excluding tert-OH is 1. The minimum Gasteiger partial charge on any atom is -0.465 e. The van der Waals surface area contributed by atoms with E-state index < -0.39 is 0 Å². The van der Waals surface area contributed by atoms with Gasteiger partial charge >= 0.3 is 11.9 Å². The highest BCUT2D eigenvalue weighted by molar-refractivity contribution is 5.72. The fourth-order valence-corrected chi connectivity index (χ4v) is 6.61. The van der Waals surface area contributed by atoms with Gasteiger partial charge in [-0.2, -0.15) is 0 Å². The lowest BCUT2D eigenvalue weighted by Crippen LogP contribution is -2.28. The molecular formula is C45H91NO5. The molecule has 2 unspecified atom stereocenters. The summed E-state index contributed by atoms with van der Waals surface area (Å²) in [6.45, 7) is 17.3. The normalized spacial score (nSPS) is 12.4. The SMILES string of the molecule is CCC.CCCCCCCCC(CCCC)C(=O)OCCCCN(CCCCO)CCCCOC(=O)C(CCCCCC)CCCCCCCC. The summed E-state index contributed by atoms with van der Waals surface area (Å²) in [7, 11) is 0. The van der Waals surface area contributed by atoms with E-state index in [1.54, 1.807) is 0 Å². The van der Waals surface area contributed by atoms with Crippen molar-refractivity contribution in [1.82, 2.24) is 4.90 Å². The number of carbonyl (C=O) groups is 2. The predicted molar refractivity (Wildman–Crippen MR) is 220 cm³/mol. The van der Waals surface area contributed by atoms with Crippen LogP contribution in [-0.4, -0.2) is 61.4 Å². The molecule has 2 atom stereocenters. The third-order valence-corrected chi connectivity index (χ3v) is 9.90. The van der Waals surface area contributed by atoms with E-state index in [1.807, 2.05) is 0 Å². The van der Waals surface area contributed by atoms with Crippen molar-refractivity contribution >= 4 is 11.9 Å². The predicted octanol–water partition coefficient (Wildman–Crippen LogP) is 13.0. The van der Waals surface area contributed by atoms with Crippen LogP contribution in [0, 0.1) is 11.8 Å². The first-order valence-corrected chi connectivity index (χ1v) is 22.6. The van der Waals surface area contributed by atoms with Gasteiger partial charge in [-0.1, -0.05) is 164 Å². The summed E-state index contributed by atoms with van der Waals surface area (Å²) in [4.78, 5) is 28.3. The highest BCUT2D eigenvalue weighted by Crippen LogP contribution is 2.22. The summed E-state index contributed by atoms with van der Waals surface area (Å²) >= 11 is 0. The summed E-state index contributed by atoms with van der Waals surface area (Å²) < 4.78 is 11.6. The number of aliphatic hydroxyl groups is 1. The number of unbranched alkanes of at least 4 members (excludes halogenated alkanes) is 17. The van der Waals surface area contributed by atoms with Gasteiger partial charge in [0.05, 0.1) is 25.0 Å². The molecule has 0 heterocycles. The number of carbonyl (C=O) groups excluding carboxylic acids is 2. The fraction of sp³-hybridized carbons (Fsp3) is 0.956. The lowest BCUT2D eigenvalue weighted by molar-refractivity contribution is -0.150. The molecule has 0 bridgehead atoms. The molecule has 0 aromatic rings. The Balaban J connectivity index is 0. The van der Waals surface area contributed by atoms with E-state index in [0.717, 1.165) is 116 Å². The molecule has 6 heteroatoms. The van der Waals surface area contributed by atoms with Gasteiger partial charge in [0.2, 0.25) is 0 Å². The second kappa shape index (κ2) is 43.3. The lowest BCUT2D eigenvalue weighted by atomic mass is 9.94. The second-order valence-corrected chi connectivity index (χ2v) is 15.2. The van der Waals surface area contributed by atoms with E-state index in [0.29, 0.717) is 13.2 Å². The Morgan fingerprint density at radius 2 is 0.745 bits per heavy atom. The molecule has 0 aliphatic rings. The standard InChI is InChI=1S/C42H83NO5.C3H8/c1-5-9-13-16-18-21-31-39(29-12-8-4)41(45)47-37-27-24-34-43(33-23-26-36-44)35-25-28-38-48-42(46)40(30-20-15-11-7-3)32-22-19-17-14-10-6-2;1-3-2/h39-40,44H,5-38H2,1-4H3;3H2,1-2H3. The highest BCUT2D eigenvalue weighted by Gasteiger charge is 2.20. The number of hydrogen-bond donors (Lipinski definition) is 1. The van der Waals surface area contributed by atoms with Crippen LogP contribution in [0.4, 0.5) is 0 Å². The third kappa shape index (κ3) is 37.0. The first kappa shape index (κ1) is 52.0. The second-order valence-electron chi connectivity index (χ2n) is 15.2. The third-order valence-electron chi connectivity index (χ3n) is 9.90. The van der Waals surface area contributed by atoms with Gasteiger partial charge in [0, 0.05) is 6.61 Å². The van der Waals surface area contributed by atoms with E-state index >= 15 is 0 Å². The Bertz CT molecular complexity index is 702. The molecule has 306 valence electrons. The quantitative estimate of drug-likeness (QED) is 0.0504. The van der Waals surface area contributed by atoms with Crippen molar-refractivity contribution in [2.75, 3.05) is 39.5 Å². The molecule has 0 aromatic carbocycles. The van der Waals surface area contributed by atoms with Crippen molar-refractivity contribution in [3.8, 4) is 0 Å². The molecule has 0 aliphatic heterocycles. The van der Waals surface area contributed by atoms with Crippen molar-refractivity contribution in [1.29, 1.82) is 0 Å². The Kier molecular flexibility index (Phi) is 44.1. The molecule has 0 saturated heterocycles. The maximum absolute atomic E-state index is 13.0. The van der Waals surface area contributed by atoms with Crippen LogP contribution in [0.3, 0.4) is 0 Å². The smallest absolute Gasteiger partial charge is 0.308 e. The van der Waals surface area contributed by atoms with Crippen molar-refractivity contribution in [2.45, 2.75) is 228 Å². The first-order valence-electron chi connectivity index (χ1n) is 22.6. The molecule has 0 fully saturated rings. The molecule has 0 spiro atoms. The van der Waals surface area contributed by atoms with Crippen molar-refractivity contribution in [3.05, 3.63) is 0 Å². The van der Waals surface area contributed by atoms with E-state index in [2.05, 4.69) is 46.4 Å². The van der Waals surface area contributed by atoms with Crippen LogP contribution < -0.4 is 0 Å². The zero-order chi connectivity index (χ0) is 38.0. The number of rotatable bonds is 38. The number of esters is 2. The van der Waals surface area contributed by atoms with E-state index in [9.17, 15) is 14.7 Å². The summed E-state index contributed by atoms with van der Waals surface area (Å²) in [6, 6.07) is 0. The molecule has 0 aromatic heterocycles. The minimum atomic E-state index is 0.0153. The largest absolute Gasteiger partial charge is 0.465 e.